The number of carboxylic acid groups (broad SMARTS) is 1. The van der Waals surface area contributed by atoms with Crippen molar-refractivity contribution in [3.05, 3.63) is 45.4 Å². The van der Waals surface area contributed by atoms with Crippen molar-refractivity contribution in [2.75, 3.05) is 32.6 Å². The Hall–Kier alpha value is -3.06. The zero-order chi connectivity index (χ0) is 36.0. The van der Waals surface area contributed by atoms with Gasteiger partial charge in [0.2, 0.25) is 0 Å². The highest BCUT2D eigenvalue weighted by atomic mass is 35.5. The highest BCUT2D eigenvalue weighted by Crippen LogP contribution is 2.51. The maximum Gasteiger partial charge on any atom is 0.430 e. The highest BCUT2D eigenvalue weighted by Gasteiger charge is 2.34. The van der Waals surface area contributed by atoms with Gasteiger partial charge < -0.3 is 40.3 Å². The van der Waals surface area contributed by atoms with Crippen molar-refractivity contribution >= 4 is 68.2 Å². The lowest BCUT2D eigenvalue weighted by atomic mass is 10.1. The lowest BCUT2D eigenvalue weighted by Gasteiger charge is -2.24. The van der Waals surface area contributed by atoms with Crippen molar-refractivity contribution in [2.45, 2.75) is 16.6 Å². The van der Waals surface area contributed by atoms with Crippen molar-refractivity contribution in [3.8, 4) is 23.3 Å². The number of hydrogen-bond acceptors (Lipinski definition) is 11. The molecule has 0 amide bonds. The van der Waals surface area contributed by atoms with Gasteiger partial charge >= 0.3 is 12.4 Å². The minimum absolute atomic E-state index is 0.00345. The van der Waals surface area contributed by atoms with Crippen molar-refractivity contribution in [1.82, 2.24) is 4.72 Å². The Labute approximate surface area is 275 Å². The van der Waals surface area contributed by atoms with Crippen LogP contribution in [0.15, 0.2) is 28.5 Å². The third-order valence-electron chi connectivity index (χ3n) is 5.14. The first kappa shape index (κ1) is 40.1. The van der Waals surface area contributed by atoms with E-state index in [2.05, 4.69) is 16.0 Å². The predicted molar refractivity (Wildman–Crippen MR) is 149 cm³/mol. The summed E-state index contributed by atoms with van der Waals surface area (Å²) >= 11 is 13.6. The van der Waals surface area contributed by atoms with Crippen LogP contribution in [-0.2, 0) is 25.6 Å². The van der Waals surface area contributed by atoms with Crippen molar-refractivity contribution in [1.29, 1.82) is 5.26 Å². The molecule has 1 unspecified atom stereocenters. The average Bonchev–Trinajstić information content (AvgIpc) is 3.43. The van der Waals surface area contributed by atoms with Crippen LogP contribution in [0.4, 0.5) is 26.3 Å². The number of fused-ring (bicyclic) bond motifs is 1. The number of sulfonamides is 1. The molecule has 0 bridgehead atoms. The van der Waals surface area contributed by atoms with Crippen LogP contribution >= 0.6 is 42.1 Å². The summed E-state index contributed by atoms with van der Waals surface area (Å²) in [5, 5.41) is 17.9. The fourth-order valence-electron chi connectivity index (χ4n) is 3.20. The Morgan fingerprint density at radius 2 is 1.57 bits per heavy atom. The zero-order valence-corrected chi connectivity index (χ0v) is 27.2. The first-order valence-corrected chi connectivity index (χ1v) is 17.0. The number of halogens is 8. The Kier molecular flexibility index (Phi) is 13.6. The molecule has 0 aliphatic rings. The molecule has 24 heteroatoms. The monoisotopic (exact) mass is 776 g/mol. The summed E-state index contributed by atoms with van der Waals surface area (Å²) in [6.45, 7) is 1.07. The SMILES string of the molecule is N#Cc1ccc(OP(=O)([O-])CNS(=O)(=O)c2cc3c(Cl)c(OCC[NH3+])c(OCC[NH3+])c(Cl)c3s2)cc1C(F)(F)F.O=C([O-])C(F)(F)F. The van der Waals surface area contributed by atoms with Gasteiger partial charge in [-0.25, -0.2) is 13.1 Å². The molecule has 1 aromatic heterocycles. The number of rotatable bonds is 12. The van der Waals surface area contributed by atoms with Crippen LogP contribution in [0.2, 0.25) is 10.0 Å². The molecule has 1 atom stereocenters. The van der Waals surface area contributed by atoms with E-state index in [1.165, 1.54) is 6.07 Å². The largest absolute Gasteiger partial charge is 0.768 e. The normalized spacial score (nSPS) is 13.2. The molecule has 1 heterocycles. The fraction of sp³-hybridized carbons (Fsp3) is 0.304. The molecule has 0 aliphatic carbocycles. The molecule has 260 valence electrons. The Morgan fingerprint density at radius 3 is 2.04 bits per heavy atom. The number of nitrogens with zero attached hydrogens (tertiary/aromatic N) is 1. The van der Waals surface area contributed by atoms with Crippen molar-refractivity contribution < 1.29 is 79.6 Å². The van der Waals surface area contributed by atoms with E-state index in [9.17, 15) is 44.2 Å². The first-order valence-electron chi connectivity index (χ1n) is 12.3. The second-order valence-corrected chi connectivity index (χ2v) is 14.1. The van der Waals surface area contributed by atoms with Crippen LogP contribution in [0.1, 0.15) is 11.1 Å². The molecule has 47 heavy (non-hydrogen) atoms. The maximum atomic E-state index is 13.2. The molecule has 0 saturated carbocycles. The number of carboxylic acids is 1. The standard InChI is InChI=1S/C21H20Cl2F3N4O7PS2.C2HF3O2/c22-16-13-8-15(39-20(13)17(23)19(36-6-4-28)18(16)35-5-3-27)40(33,34)30-10-38(31,32)37-12-2-1-11(9-29)14(7-12)21(24,25)26;3-2(4,5)1(6)7/h1-2,7-8,30H,3-6,10,27-28H2,(H,31,32);(H,6,7). The van der Waals surface area contributed by atoms with Crippen LogP contribution in [-0.4, -0.2) is 53.2 Å². The highest BCUT2D eigenvalue weighted by molar-refractivity contribution is 7.92. The summed E-state index contributed by atoms with van der Waals surface area (Å²) in [5.41, 5.74) is 5.19. The number of thiophene rings is 1. The Balaban J connectivity index is 0.000000984. The van der Waals surface area contributed by atoms with E-state index in [-0.39, 0.29) is 49.1 Å². The van der Waals surface area contributed by atoms with Gasteiger partial charge in [-0.2, -0.15) is 31.6 Å². The van der Waals surface area contributed by atoms with Crippen molar-refractivity contribution in [2.24, 2.45) is 0 Å². The minimum atomic E-state index is -5.19. The fourth-order valence-corrected chi connectivity index (χ4v) is 7.83. The first-order chi connectivity index (χ1) is 21.6. The minimum Gasteiger partial charge on any atom is -0.768 e. The molecule has 0 radical (unpaired) electrons. The second kappa shape index (κ2) is 15.9. The Morgan fingerprint density at radius 1 is 1.04 bits per heavy atom. The maximum absolute atomic E-state index is 13.2. The lowest BCUT2D eigenvalue weighted by molar-refractivity contribution is -0.372. The third-order valence-corrected chi connectivity index (χ3v) is 10.3. The number of alkyl halides is 6. The number of hydrogen-bond donors (Lipinski definition) is 3. The smallest absolute Gasteiger partial charge is 0.430 e. The summed E-state index contributed by atoms with van der Waals surface area (Å²) < 4.78 is 127. The van der Waals surface area contributed by atoms with E-state index in [1.807, 2.05) is 4.72 Å². The molecule has 7 N–H and O–H groups in total. The molecule has 3 rings (SSSR count). The number of quaternary nitrogens is 2. The summed E-state index contributed by atoms with van der Waals surface area (Å²) in [7, 11) is -9.62. The van der Waals surface area contributed by atoms with E-state index in [4.69, 9.17) is 47.8 Å². The molecule has 0 saturated heterocycles. The summed E-state index contributed by atoms with van der Waals surface area (Å²) in [5.74, 6) is -3.61. The summed E-state index contributed by atoms with van der Waals surface area (Å²) in [6.07, 6.45) is -11.5. The van der Waals surface area contributed by atoms with Gasteiger partial charge in [-0.3, -0.25) is 4.57 Å². The quantitative estimate of drug-likeness (QED) is 0.177. The van der Waals surface area contributed by atoms with Crippen molar-refractivity contribution in [3.63, 3.8) is 0 Å². The second-order valence-electron chi connectivity index (χ2n) is 8.61. The van der Waals surface area contributed by atoms with Crippen LogP contribution in [0.3, 0.4) is 0 Å². The number of ether oxygens (including phenoxy) is 2. The predicted octanol–water partition coefficient (Wildman–Crippen LogP) is 1.51. The van der Waals surface area contributed by atoms with Gasteiger partial charge in [0.15, 0.2) is 19.1 Å². The molecule has 13 nitrogen and oxygen atoms in total. The number of carbonyl (C=O) groups excluding carboxylic acids is 1. The van der Waals surface area contributed by atoms with E-state index in [0.717, 1.165) is 18.2 Å². The molecule has 0 fully saturated rings. The number of carbonyl (C=O) groups is 1. The zero-order valence-electron chi connectivity index (χ0n) is 23.2. The van der Waals surface area contributed by atoms with Crippen LogP contribution in [0.5, 0.6) is 17.2 Å². The molecule has 3 aromatic rings. The number of benzene rings is 2. The van der Waals surface area contributed by atoms with Gasteiger partial charge in [-0.15, -0.1) is 11.3 Å². The van der Waals surface area contributed by atoms with Gasteiger partial charge in [0.1, 0.15) is 47.3 Å². The number of nitriles is 1. The summed E-state index contributed by atoms with van der Waals surface area (Å²) in [6, 6.07) is 4.41. The van der Waals surface area contributed by atoms with Gasteiger partial charge in [-0.1, -0.05) is 23.2 Å². The van der Waals surface area contributed by atoms with Crippen LogP contribution < -0.4 is 40.2 Å². The van der Waals surface area contributed by atoms with Gasteiger partial charge in [-0.05, 0) is 24.3 Å². The number of aliphatic carboxylic acids is 1. The van der Waals surface area contributed by atoms with Gasteiger partial charge in [0, 0.05) is 5.39 Å². The summed E-state index contributed by atoms with van der Waals surface area (Å²) in [4.78, 5) is 21.2. The van der Waals surface area contributed by atoms with Gasteiger partial charge in [0.25, 0.3) is 10.0 Å². The van der Waals surface area contributed by atoms with E-state index >= 15 is 0 Å². The van der Waals surface area contributed by atoms with Crippen LogP contribution in [0, 0.1) is 11.3 Å². The number of nitrogens with one attached hydrogen (secondary N) is 1. The topological polar surface area (TPSA) is 233 Å². The average molecular weight is 777 g/mol. The third kappa shape index (κ3) is 10.7. The molecular formula is C23H21Cl2F6N4O9PS2. The van der Waals surface area contributed by atoms with Gasteiger partial charge in [0.05, 0.1) is 33.2 Å². The molecule has 0 spiro atoms. The lowest BCUT2D eigenvalue weighted by Crippen LogP contribution is -2.53. The van der Waals surface area contributed by atoms with Crippen LogP contribution in [0.25, 0.3) is 10.1 Å². The molecular weight excluding hydrogens is 756 g/mol. The molecule has 2 aromatic carbocycles. The van der Waals surface area contributed by atoms with E-state index < -0.39 is 59.1 Å². The Bertz CT molecular complexity index is 1770. The van der Waals surface area contributed by atoms with E-state index in [0.29, 0.717) is 30.5 Å². The van der Waals surface area contributed by atoms with E-state index in [1.54, 1.807) is 0 Å². The molecule has 0 aliphatic heterocycles.